The molecule has 1 heterocycles. The molecule has 4 aromatic rings. The third kappa shape index (κ3) is 4.43. The molecule has 0 bridgehead atoms. The van der Waals surface area contributed by atoms with Gasteiger partial charge in [-0.1, -0.05) is 60.7 Å². The summed E-state index contributed by atoms with van der Waals surface area (Å²) in [4.78, 5) is 4.84. The van der Waals surface area contributed by atoms with Crippen LogP contribution in [-0.2, 0) is 0 Å². The zero-order valence-electron chi connectivity index (χ0n) is 20.1. The van der Waals surface area contributed by atoms with Crippen molar-refractivity contribution >= 4 is 17.7 Å². The normalized spacial score (nSPS) is 15.0. The van der Waals surface area contributed by atoms with Crippen molar-refractivity contribution in [3.8, 4) is 17.2 Å². The Hall–Kier alpha value is -4.31. The lowest BCUT2D eigenvalue weighted by atomic mass is 9.80. The second-order valence-corrected chi connectivity index (χ2v) is 8.38. The minimum absolute atomic E-state index is 0.0447. The second kappa shape index (κ2) is 9.90. The highest BCUT2D eigenvalue weighted by atomic mass is 16.5. The standard InChI is InChI=1S/C31H27NO3/c1-21-11-7-8-14-24(21)30-25-15-9-10-16-27(25)35-31(22-17-18-28(33-2)29(19-22)34-3)26(30)20-32-23-12-5-4-6-13-23/h4-20,30H,1-3H3. The lowest BCUT2D eigenvalue weighted by Crippen LogP contribution is -2.18. The molecule has 0 saturated heterocycles. The van der Waals surface area contributed by atoms with Gasteiger partial charge >= 0.3 is 0 Å². The monoisotopic (exact) mass is 461 g/mol. The highest BCUT2D eigenvalue weighted by molar-refractivity contribution is 5.95. The van der Waals surface area contributed by atoms with Gasteiger partial charge in [0.25, 0.3) is 0 Å². The van der Waals surface area contributed by atoms with E-state index in [0.717, 1.165) is 33.9 Å². The van der Waals surface area contributed by atoms with Crippen LogP contribution in [0, 0.1) is 6.92 Å². The number of aliphatic imine (C=N–C) groups is 1. The molecule has 0 saturated carbocycles. The van der Waals surface area contributed by atoms with Crippen LogP contribution in [0.15, 0.2) is 108 Å². The van der Waals surface area contributed by atoms with Crippen LogP contribution in [0.1, 0.15) is 28.2 Å². The van der Waals surface area contributed by atoms with Crippen molar-refractivity contribution in [2.45, 2.75) is 12.8 Å². The highest BCUT2D eigenvalue weighted by Gasteiger charge is 2.32. The lowest BCUT2D eigenvalue weighted by Gasteiger charge is -2.31. The van der Waals surface area contributed by atoms with E-state index in [1.165, 1.54) is 11.1 Å². The summed E-state index contributed by atoms with van der Waals surface area (Å²) in [6.07, 6.45) is 1.94. The zero-order chi connectivity index (χ0) is 24.2. The molecule has 4 aromatic carbocycles. The summed E-state index contributed by atoms with van der Waals surface area (Å²) in [5, 5.41) is 0. The zero-order valence-corrected chi connectivity index (χ0v) is 20.1. The van der Waals surface area contributed by atoms with Gasteiger partial charge in [0.05, 0.1) is 19.9 Å². The molecule has 0 radical (unpaired) electrons. The Morgan fingerprint density at radius 3 is 2.17 bits per heavy atom. The maximum absolute atomic E-state index is 6.58. The predicted molar refractivity (Wildman–Crippen MR) is 141 cm³/mol. The van der Waals surface area contributed by atoms with Gasteiger partial charge in [-0.05, 0) is 54.4 Å². The van der Waals surface area contributed by atoms with Gasteiger partial charge < -0.3 is 14.2 Å². The molecule has 1 atom stereocenters. The first-order chi connectivity index (χ1) is 17.2. The number of rotatable bonds is 6. The topological polar surface area (TPSA) is 40.0 Å². The van der Waals surface area contributed by atoms with Crippen molar-refractivity contribution < 1.29 is 14.2 Å². The maximum Gasteiger partial charge on any atom is 0.161 e. The van der Waals surface area contributed by atoms with E-state index in [2.05, 4.69) is 43.3 Å². The van der Waals surface area contributed by atoms with Gasteiger partial charge in [0, 0.05) is 28.8 Å². The van der Waals surface area contributed by atoms with Crippen LogP contribution in [0.25, 0.3) is 5.76 Å². The van der Waals surface area contributed by atoms with E-state index in [1.54, 1.807) is 14.2 Å². The maximum atomic E-state index is 6.58. The van der Waals surface area contributed by atoms with Gasteiger partial charge in [0.2, 0.25) is 0 Å². The van der Waals surface area contributed by atoms with Crippen LogP contribution >= 0.6 is 0 Å². The van der Waals surface area contributed by atoms with Crippen molar-refractivity contribution in [1.82, 2.24) is 0 Å². The molecule has 4 heteroatoms. The number of aryl methyl sites for hydroxylation is 1. The quantitative estimate of drug-likeness (QED) is 0.282. The molecule has 5 rings (SSSR count). The summed E-state index contributed by atoms with van der Waals surface area (Å²) in [7, 11) is 3.28. The Labute approximate surface area is 206 Å². The Balaban J connectivity index is 1.77. The molecule has 0 N–H and O–H groups in total. The predicted octanol–water partition coefficient (Wildman–Crippen LogP) is 7.35. The lowest BCUT2D eigenvalue weighted by molar-refractivity contribution is 0.354. The van der Waals surface area contributed by atoms with E-state index in [9.17, 15) is 0 Å². The molecule has 0 aromatic heterocycles. The number of para-hydroxylation sites is 2. The summed E-state index contributed by atoms with van der Waals surface area (Å²) in [5.41, 5.74) is 6.30. The van der Waals surface area contributed by atoms with Crippen LogP contribution in [0.5, 0.6) is 17.2 Å². The van der Waals surface area contributed by atoms with Gasteiger partial charge in [-0.3, -0.25) is 4.99 Å². The highest BCUT2D eigenvalue weighted by Crippen LogP contribution is 2.46. The number of hydrogen-bond acceptors (Lipinski definition) is 4. The van der Waals surface area contributed by atoms with E-state index in [1.807, 2.05) is 66.9 Å². The van der Waals surface area contributed by atoms with Crippen molar-refractivity contribution in [1.29, 1.82) is 0 Å². The van der Waals surface area contributed by atoms with E-state index in [-0.39, 0.29) is 5.92 Å². The number of methoxy groups -OCH3 is 2. The number of fused-ring (bicyclic) bond motifs is 1. The molecular weight excluding hydrogens is 434 g/mol. The second-order valence-electron chi connectivity index (χ2n) is 8.38. The molecule has 0 spiro atoms. The van der Waals surface area contributed by atoms with Gasteiger partial charge in [-0.2, -0.15) is 0 Å². The smallest absolute Gasteiger partial charge is 0.161 e. The molecule has 1 aliphatic heterocycles. The summed E-state index contributed by atoms with van der Waals surface area (Å²) in [5.74, 6) is 2.85. The van der Waals surface area contributed by atoms with E-state index >= 15 is 0 Å². The Bertz CT molecular complexity index is 1410. The number of benzene rings is 4. The van der Waals surface area contributed by atoms with Gasteiger partial charge in [-0.25, -0.2) is 0 Å². The van der Waals surface area contributed by atoms with Crippen molar-refractivity contribution in [3.05, 3.63) is 125 Å². The largest absolute Gasteiger partial charge is 0.493 e. The SMILES string of the molecule is COc1ccc(C2=C(C=Nc3ccccc3)C(c3ccccc3C)c3ccccc3O2)cc1OC. The third-order valence-corrected chi connectivity index (χ3v) is 6.27. The van der Waals surface area contributed by atoms with Crippen molar-refractivity contribution in [2.24, 2.45) is 4.99 Å². The fraction of sp³-hybridized carbons (Fsp3) is 0.129. The summed E-state index contributed by atoms with van der Waals surface area (Å²) >= 11 is 0. The molecular formula is C31H27NO3. The number of hydrogen-bond donors (Lipinski definition) is 0. The van der Waals surface area contributed by atoms with Gasteiger partial charge in [0.1, 0.15) is 11.5 Å². The molecule has 1 aliphatic rings. The minimum atomic E-state index is -0.0447. The average molecular weight is 462 g/mol. The minimum Gasteiger partial charge on any atom is -0.493 e. The van der Waals surface area contributed by atoms with Crippen LogP contribution in [0.3, 0.4) is 0 Å². The van der Waals surface area contributed by atoms with E-state index < -0.39 is 0 Å². The molecule has 0 fully saturated rings. The van der Waals surface area contributed by atoms with Crippen LogP contribution in [0.2, 0.25) is 0 Å². The molecule has 0 aliphatic carbocycles. The summed E-state index contributed by atoms with van der Waals surface area (Å²) in [6.45, 7) is 2.15. The van der Waals surface area contributed by atoms with Gasteiger partial charge in [-0.15, -0.1) is 0 Å². The summed E-state index contributed by atoms with van der Waals surface area (Å²) < 4.78 is 17.6. The Morgan fingerprint density at radius 2 is 1.43 bits per heavy atom. The summed E-state index contributed by atoms with van der Waals surface area (Å²) in [6, 6.07) is 32.5. The van der Waals surface area contributed by atoms with E-state index in [4.69, 9.17) is 19.2 Å². The molecule has 0 amide bonds. The first kappa shape index (κ1) is 22.5. The first-order valence-electron chi connectivity index (χ1n) is 11.6. The average Bonchev–Trinajstić information content (AvgIpc) is 2.91. The van der Waals surface area contributed by atoms with Crippen molar-refractivity contribution in [3.63, 3.8) is 0 Å². The number of ether oxygens (including phenoxy) is 3. The van der Waals surface area contributed by atoms with Crippen LogP contribution in [-0.4, -0.2) is 20.4 Å². The van der Waals surface area contributed by atoms with Gasteiger partial charge in [0.15, 0.2) is 11.5 Å². The van der Waals surface area contributed by atoms with Crippen LogP contribution in [0.4, 0.5) is 5.69 Å². The Kier molecular flexibility index (Phi) is 6.36. The van der Waals surface area contributed by atoms with Crippen molar-refractivity contribution in [2.75, 3.05) is 14.2 Å². The molecule has 174 valence electrons. The fourth-order valence-corrected chi connectivity index (χ4v) is 4.52. The Morgan fingerprint density at radius 1 is 0.743 bits per heavy atom. The fourth-order valence-electron chi connectivity index (χ4n) is 4.52. The molecule has 1 unspecified atom stereocenters. The van der Waals surface area contributed by atoms with E-state index in [0.29, 0.717) is 11.5 Å². The molecule has 4 nitrogen and oxygen atoms in total. The third-order valence-electron chi connectivity index (χ3n) is 6.27. The van der Waals surface area contributed by atoms with Crippen LogP contribution < -0.4 is 14.2 Å². The molecule has 35 heavy (non-hydrogen) atoms. The number of allylic oxidation sites excluding steroid dienone is 1. The number of nitrogens with zero attached hydrogens (tertiary/aromatic N) is 1. The first-order valence-corrected chi connectivity index (χ1v) is 11.6.